The predicted molar refractivity (Wildman–Crippen MR) is 272 cm³/mol. The van der Waals surface area contributed by atoms with Gasteiger partial charge in [0.25, 0.3) is 0 Å². The normalized spacial score (nSPS) is 14.8. The lowest BCUT2D eigenvalue weighted by atomic mass is 9.84. The molecule has 13 aromatic rings. The zero-order valence-corrected chi connectivity index (χ0v) is 35.5. The third-order valence-corrected chi connectivity index (χ3v) is 14.2. The summed E-state index contributed by atoms with van der Waals surface area (Å²) in [5, 5.41) is 10.1. The van der Waals surface area contributed by atoms with E-state index >= 15 is 0 Å². The van der Waals surface area contributed by atoms with E-state index in [-0.39, 0.29) is 12.1 Å². The van der Waals surface area contributed by atoms with Crippen molar-refractivity contribution >= 4 is 65.2 Å². The Hall–Kier alpha value is -8.40. The van der Waals surface area contributed by atoms with Crippen molar-refractivity contribution in [1.82, 2.24) is 13.9 Å². The van der Waals surface area contributed by atoms with Gasteiger partial charge in [0, 0.05) is 16.2 Å². The van der Waals surface area contributed by atoms with Crippen LogP contribution in [0.5, 0.6) is 0 Å². The van der Waals surface area contributed by atoms with Crippen molar-refractivity contribution in [3.8, 4) is 39.1 Å². The van der Waals surface area contributed by atoms with Crippen LogP contribution in [0.15, 0.2) is 237 Å². The highest BCUT2D eigenvalue weighted by molar-refractivity contribution is 6.29. The highest BCUT2D eigenvalue weighted by atomic mass is 15.5. The third-order valence-electron chi connectivity index (χ3n) is 14.2. The molecule has 0 radical (unpaired) electrons. The monoisotopic (exact) mass is 827 g/mol. The van der Waals surface area contributed by atoms with E-state index in [2.05, 4.69) is 251 Å². The molecule has 0 spiro atoms. The summed E-state index contributed by atoms with van der Waals surface area (Å²) in [5.41, 5.74) is 16.2. The van der Waals surface area contributed by atoms with Gasteiger partial charge in [0.2, 0.25) is 0 Å². The number of fused-ring (bicyclic) bond motifs is 12. The minimum atomic E-state index is 0.128. The van der Waals surface area contributed by atoms with E-state index in [1.807, 2.05) is 0 Å². The van der Waals surface area contributed by atoms with Crippen molar-refractivity contribution in [2.45, 2.75) is 12.1 Å². The smallest absolute Gasteiger partial charge is 0.103 e. The largest absolute Gasteiger partial charge is 0.309 e. The van der Waals surface area contributed by atoms with E-state index in [0.29, 0.717) is 0 Å². The molecule has 2 aromatic heterocycles. The van der Waals surface area contributed by atoms with Gasteiger partial charge in [-0.05, 0) is 120 Å². The summed E-state index contributed by atoms with van der Waals surface area (Å²) in [6.07, 6.45) is 0. The molecular weight excluding hydrogens is 787 g/mol. The summed E-state index contributed by atoms with van der Waals surface area (Å²) in [6.45, 7) is 0. The van der Waals surface area contributed by atoms with Crippen molar-refractivity contribution in [2.24, 2.45) is 0 Å². The molecule has 0 saturated carbocycles. The predicted octanol–water partition coefficient (Wildman–Crippen LogP) is 16.2. The lowest BCUT2D eigenvalue weighted by molar-refractivity contribution is 0.203. The summed E-state index contributed by atoms with van der Waals surface area (Å²) in [4.78, 5) is 0. The average Bonchev–Trinajstić information content (AvgIpc) is 3.72. The lowest BCUT2D eigenvalue weighted by Crippen LogP contribution is -2.46. The molecule has 14 rings (SSSR count). The van der Waals surface area contributed by atoms with Crippen molar-refractivity contribution in [3.05, 3.63) is 248 Å². The summed E-state index contributed by atoms with van der Waals surface area (Å²) >= 11 is 0. The van der Waals surface area contributed by atoms with Gasteiger partial charge in [-0.3, -0.25) is 9.36 Å². The van der Waals surface area contributed by atoms with Crippen LogP contribution in [0, 0.1) is 0 Å². The standard InChI is InChI=1S/C62H41N3/c1-3-15-40(16-4-1)43-20-13-22-45(37-43)46-29-32-50-47(38-46)31-35-58-60(50)59-49-24-8-7-19-42(49)30-34-57(59)63(58)54-36-33-53(51-25-9-10-26-52(51)54)62-61(64-55-27-11-12-28-56(55)65(62)64)48-23-14-21-44(39-48)41-17-5-2-6-18-41/h1-39,61-62H. The highest BCUT2D eigenvalue weighted by Gasteiger charge is 2.44. The maximum absolute atomic E-state index is 2.53. The van der Waals surface area contributed by atoms with E-state index in [9.17, 15) is 0 Å². The summed E-state index contributed by atoms with van der Waals surface area (Å²) < 4.78 is 7.55. The molecule has 3 heteroatoms. The van der Waals surface area contributed by atoms with E-state index in [1.54, 1.807) is 0 Å². The Labute approximate surface area is 376 Å². The lowest BCUT2D eigenvalue weighted by Gasteiger charge is -2.50. The molecule has 304 valence electrons. The molecular formula is C62H41N3. The minimum absolute atomic E-state index is 0.128. The molecule has 2 unspecified atom stereocenters. The fraction of sp³-hybridized carbons (Fsp3) is 0.0323. The number of para-hydroxylation sites is 2. The van der Waals surface area contributed by atoms with Gasteiger partial charge in [0.1, 0.15) is 12.1 Å². The number of rotatable bonds is 6. The molecule has 0 amide bonds. The minimum Gasteiger partial charge on any atom is -0.309 e. The number of hydrogen-bond acceptors (Lipinski definition) is 0. The van der Waals surface area contributed by atoms with Gasteiger partial charge in [-0.1, -0.05) is 188 Å². The van der Waals surface area contributed by atoms with Crippen LogP contribution >= 0.6 is 0 Å². The number of benzene rings is 11. The number of aromatic nitrogens is 3. The first-order valence-corrected chi connectivity index (χ1v) is 22.7. The Morgan fingerprint density at radius 1 is 0.277 bits per heavy atom. The first kappa shape index (κ1) is 36.1. The molecule has 0 aliphatic carbocycles. The first-order chi connectivity index (χ1) is 32.3. The average molecular weight is 828 g/mol. The molecule has 0 bridgehead atoms. The van der Waals surface area contributed by atoms with Gasteiger partial charge in [-0.2, -0.15) is 0 Å². The van der Waals surface area contributed by atoms with Gasteiger partial charge in [0.05, 0.1) is 27.8 Å². The fourth-order valence-corrected chi connectivity index (χ4v) is 11.3. The number of nitrogens with zero attached hydrogens (tertiary/aromatic N) is 3. The molecule has 2 atom stereocenters. The van der Waals surface area contributed by atoms with Crippen LogP contribution in [0.25, 0.3) is 104 Å². The van der Waals surface area contributed by atoms with Crippen LogP contribution in [-0.2, 0) is 0 Å². The quantitative estimate of drug-likeness (QED) is 0.159. The second-order valence-electron chi connectivity index (χ2n) is 17.6. The van der Waals surface area contributed by atoms with Crippen LogP contribution in [0.3, 0.4) is 0 Å². The maximum atomic E-state index is 2.53. The van der Waals surface area contributed by atoms with E-state index in [4.69, 9.17) is 0 Å². The van der Waals surface area contributed by atoms with Crippen molar-refractivity contribution in [2.75, 3.05) is 0 Å². The maximum Gasteiger partial charge on any atom is 0.103 e. The Balaban J connectivity index is 0.961. The SMILES string of the molecule is c1ccc(-c2cccc(-c3ccc4c(ccc5c4c4c6ccccc6ccc4n5-c4ccc(C5C(c6cccc(-c7ccccc7)c6)n6c7ccccc7n65)c5ccccc45)c3)c2)cc1. The summed E-state index contributed by atoms with van der Waals surface area (Å²) in [5.74, 6) is 0. The third kappa shape index (κ3) is 5.36. The Kier molecular flexibility index (Phi) is 7.81. The second kappa shape index (κ2) is 14.1. The molecule has 0 saturated heterocycles. The molecule has 0 N–H and O–H groups in total. The molecule has 3 nitrogen and oxygen atoms in total. The first-order valence-electron chi connectivity index (χ1n) is 22.7. The van der Waals surface area contributed by atoms with Crippen LogP contribution in [-0.4, -0.2) is 13.9 Å². The molecule has 1 aliphatic rings. The van der Waals surface area contributed by atoms with Gasteiger partial charge in [-0.25, -0.2) is 0 Å². The summed E-state index contributed by atoms with van der Waals surface area (Å²) in [6, 6.07) is 87.8. The molecule has 1 aliphatic heterocycles. The van der Waals surface area contributed by atoms with Gasteiger partial charge >= 0.3 is 0 Å². The van der Waals surface area contributed by atoms with Crippen LogP contribution in [0.4, 0.5) is 0 Å². The van der Waals surface area contributed by atoms with E-state index in [1.165, 1.54) is 115 Å². The second-order valence-corrected chi connectivity index (χ2v) is 17.6. The van der Waals surface area contributed by atoms with E-state index < -0.39 is 0 Å². The van der Waals surface area contributed by atoms with Gasteiger partial charge < -0.3 is 4.57 Å². The molecule has 65 heavy (non-hydrogen) atoms. The van der Waals surface area contributed by atoms with Crippen LogP contribution < -0.4 is 0 Å². The Morgan fingerprint density at radius 2 is 0.800 bits per heavy atom. The van der Waals surface area contributed by atoms with Crippen LogP contribution in [0.1, 0.15) is 23.2 Å². The zero-order valence-electron chi connectivity index (χ0n) is 35.5. The Bertz CT molecular complexity index is 4020. The highest BCUT2D eigenvalue weighted by Crippen LogP contribution is 2.52. The zero-order chi connectivity index (χ0) is 42.6. The molecule has 11 aromatic carbocycles. The Morgan fingerprint density at radius 3 is 1.52 bits per heavy atom. The fourth-order valence-electron chi connectivity index (χ4n) is 11.3. The van der Waals surface area contributed by atoms with Crippen molar-refractivity contribution in [3.63, 3.8) is 0 Å². The molecule has 0 fully saturated rings. The van der Waals surface area contributed by atoms with Gasteiger partial charge in [0.15, 0.2) is 0 Å². The van der Waals surface area contributed by atoms with Crippen molar-refractivity contribution < 1.29 is 0 Å². The van der Waals surface area contributed by atoms with Gasteiger partial charge in [-0.15, -0.1) is 0 Å². The molecule has 3 heterocycles. The topological polar surface area (TPSA) is 14.8 Å². The van der Waals surface area contributed by atoms with E-state index in [0.717, 1.165) is 0 Å². The number of hydrogen-bond donors (Lipinski definition) is 0. The van der Waals surface area contributed by atoms with Crippen LogP contribution in [0.2, 0.25) is 0 Å². The van der Waals surface area contributed by atoms with Crippen molar-refractivity contribution in [1.29, 1.82) is 0 Å². The summed E-state index contributed by atoms with van der Waals surface area (Å²) in [7, 11) is 0.